The minimum atomic E-state index is 0.435. The van der Waals surface area contributed by atoms with Crippen molar-refractivity contribution in [3.05, 3.63) is 54.1 Å². The van der Waals surface area contributed by atoms with Crippen LogP contribution >= 0.6 is 0 Å². The Morgan fingerprint density at radius 2 is 1.83 bits per heavy atom. The summed E-state index contributed by atoms with van der Waals surface area (Å²) < 4.78 is 16.7. The van der Waals surface area contributed by atoms with E-state index in [1.165, 1.54) is 16.5 Å². The summed E-state index contributed by atoms with van der Waals surface area (Å²) >= 11 is 0. The average molecular weight is 395 g/mol. The van der Waals surface area contributed by atoms with Crippen molar-refractivity contribution in [2.45, 2.75) is 32.4 Å². The topological polar surface area (TPSA) is 55.5 Å². The first-order chi connectivity index (χ1) is 14.3. The Kier molecular flexibility index (Phi) is 6.83. The van der Waals surface area contributed by atoms with Crippen LogP contribution in [0.5, 0.6) is 0 Å². The molecule has 1 fully saturated rings. The van der Waals surface area contributed by atoms with Crippen molar-refractivity contribution >= 4 is 16.6 Å². The maximum Gasteiger partial charge on any atom is 0.0719 e. The summed E-state index contributed by atoms with van der Waals surface area (Å²) in [6, 6.07) is 17.5. The maximum absolute atomic E-state index is 5.82. The second kappa shape index (κ2) is 9.92. The summed E-state index contributed by atoms with van der Waals surface area (Å²) in [6.45, 7) is 6.18. The highest BCUT2D eigenvalue weighted by atomic mass is 16.5. The van der Waals surface area contributed by atoms with Crippen molar-refractivity contribution in [2.24, 2.45) is 0 Å². The number of fused-ring (bicyclic) bond motifs is 1. The van der Waals surface area contributed by atoms with Gasteiger partial charge in [0.05, 0.1) is 31.0 Å². The van der Waals surface area contributed by atoms with Crippen molar-refractivity contribution in [2.75, 3.05) is 38.4 Å². The van der Waals surface area contributed by atoms with Crippen LogP contribution in [0.15, 0.2) is 48.5 Å². The summed E-state index contributed by atoms with van der Waals surface area (Å²) in [5.74, 6) is 0. The van der Waals surface area contributed by atoms with Crippen molar-refractivity contribution in [1.82, 2.24) is 4.98 Å². The first-order valence-corrected chi connectivity index (χ1v) is 10.5. The van der Waals surface area contributed by atoms with E-state index >= 15 is 0 Å². The fourth-order valence-electron chi connectivity index (χ4n) is 3.79. The van der Waals surface area contributed by atoms with Gasteiger partial charge in [0.15, 0.2) is 0 Å². The predicted octanol–water partition coefficient (Wildman–Crippen LogP) is 4.98. The summed E-state index contributed by atoms with van der Waals surface area (Å²) in [5, 5.41) is 4.95. The molecular weight excluding hydrogens is 364 g/mol. The number of ether oxygens (including phenoxy) is 3. The van der Waals surface area contributed by atoms with Gasteiger partial charge < -0.3 is 24.5 Å². The van der Waals surface area contributed by atoms with Gasteiger partial charge in [-0.05, 0) is 49.1 Å². The number of hydrogen-bond acceptors (Lipinski definition) is 4. The Hall–Kier alpha value is -2.34. The predicted molar refractivity (Wildman–Crippen MR) is 117 cm³/mol. The number of hydrogen-bond donors (Lipinski definition) is 2. The minimum Gasteiger partial charge on any atom is -0.381 e. The van der Waals surface area contributed by atoms with E-state index in [0.29, 0.717) is 25.9 Å². The largest absolute Gasteiger partial charge is 0.381 e. The number of aromatic nitrogens is 1. The quantitative estimate of drug-likeness (QED) is 0.503. The smallest absolute Gasteiger partial charge is 0.0719 e. The number of benzene rings is 2. The van der Waals surface area contributed by atoms with Crippen LogP contribution in [0.4, 0.5) is 5.69 Å². The summed E-state index contributed by atoms with van der Waals surface area (Å²) in [5.41, 5.74) is 5.77. The molecule has 0 unspecified atom stereocenters. The second-order valence-electron chi connectivity index (χ2n) is 7.44. The van der Waals surface area contributed by atoms with E-state index in [2.05, 4.69) is 52.8 Å². The molecule has 5 nitrogen and oxygen atoms in total. The molecule has 0 atom stereocenters. The molecule has 1 aliphatic rings. The Morgan fingerprint density at radius 1 is 1.03 bits per heavy atom. The highest BCUT2D eigenvalue weighted by molar-refractivity contribution is 5.95. The molecule has 154 valence electrons. The number of nitrogens with one attached hydrogen (secondary N) is 2. The van der Waals surface area contributed by atoms with Crippen molar-refractivity contribution in [3.8, 4) is 11.3 Å². The third-order valence-electron chi connectivity index (χ3n) is 5.30. The Bertz CT molecular complexity index is 901. The lowest BCUT2D eigenvalue weighted by molar-refractivity contribution is 0.0453. The molecule has 4 rings (SSSR count). The summed E-state index contributed by atoms with van der Waals surface area (Å²) in [7, 11) is 0. The summed E-state index contributed by atoms with van der Waals surface area (Å²) in [4.78, 5) is 3.63. The van der Waals surface area contributed by atoms with Gasteiger partial charge in [0.2, 0.25) is 0 Å². The van der Waals surface area contributed by atoms with Crippen LogP contribution in [0.3, 0.4) is 0 Å². The lowest BCUT2D eigenvalue weighted by Crippen LogP contribution is -2.28. The zero-order valence-electron chi connectivity index (χ0n) is 17.1. The zero-order chi connectivity index (χ0) is 19.9. The Balaban J connectivity index is 1.60. The van der Waals surface area contributed by atoms with E-state index in [0.717, 1.165) is 49.6 Å². The van der Waals surface area contributed by atoms with Gasteiger partial charge in [-0.3, -0.25) is 0 Å². The van der Waals surface area contributed by atoms with Crippen LogP contribution in [-0.4, -0.2) is 44.1 Å². The molecule has 0 spiro atoms. The molecule has 0 amide bonds. The molecule has 0 bridgehead atoms. The fraction of sp³-hybridized carbons (Fsp3) is 0.417. The number of rotatable bonds is 9. The molecule has 5 heteroatoms. The van der Waals surface area contributed by atoms with E-state index in [1.54, 1.807) is 0 Å². The monoisotopic (exact) mass is 394 g/mol. The molecule has 2 heterocycles. The third-order valence-corrected chi connectivity index (χ3v) is 5.30. The van der Waals surface area contributed by atoms with E-state index in [-0.39, 0.29) is 0 Å². The summed E-state index contributed by atoms with van der Waals surface area (Å²) in [6.07, 6.45) is 2.06. The lowest BCUT2D eigenvalue weighted by atomic mass is 10.1. The van der Waals surface area contributed by atoms with Gasteiger partial charge >= 0.3 is 0 Å². The van der Waals surface area contributed by atoms with Crippen molar-refractivity contribution in [1.29, 1.82) is 0 Å². The van der Waals surface area contributed by atoms with E-state index in [4.69, 9.17) is 14.2 Å². The van der Waals surface area contributed by atoms with Crippen LogP contribution in [-0.2, 0) is 20.8 Å². The van der Waals surface area contributed by atoms with Gasteiger partial charge in [-0.15, -0.1) is 0 Å². The number of H-pyrrole nitrogens is 1. The average Bonchev–Trinajstić information content (AvgIpc) is 3.20. The first-order valence-electron chi connectivity index (χ1n) is 10.5. The zero-order valence-corrected chi connectivity index (χ0v) is 17.1. The lowest BCUT2D eigenvalue weighted by Gasteiger charge is -2.24. The molecule has 3 aromatic rings. The van der Waals surface area contributed by atoms with Crippen LogP contribution in [0, 0.1) is 0 Å². The van der Waals surface area contributed by atoms with Crippen molar-refractivity contribution in [3.63, 3.8) is 0 Å². The second-order valence-corrected chi connectivity index (χ2v) is 7.44. The van der Waals surface area contributed by atoms with Crippen LogP contribution in [0.1, 0.15) is 25.3 Å². The standard InChI is InChI=1S/C24H30N2O3/c1-2-27-12-13-29-17-18-14-20-16-22(19-6-4-3-5-7-19)26-24(20)23(15-18)25-21-8-10-28-11-9-21/h3-7,14-16,21,25-26H,2,8-13,17H2,1H3. The van der Waals surface area contributed by atoms with Gasteiger partial charge in [-0.25, -0.2) is 0 Å². The van der Waals surface area contributed by atoms with Crippen molar-refractivity contribution < 1.29 is 14.2 Å². The normalized spacial score (nSPS) is 15.1. The fourth-order valence-corrected chi connectivity index (χ4v) is 3.79. The van der Waals surface area contributed by atoms with Gasteiger partial charge in [0.1, 0.15) is 0 Å². The molecule has 0 radical (unpaired) electrons. The first kappa shape index (κ1) is 20.0. The molecule has 1 aromatic heterocycles. The molecule has 0 aliphatic carbocycles. The highest BCUT2D eigenvalue weighted by Gasteiger charge is 2.16. The molecule has 29 heavy (non-hydrogen) atoms. The SMILES string of the molecule is CCOCCOCc1cc(NC2CCOCC2)c2[nH]c(-c3ccccc3)cc2c1. The minimum absolute atomic E-state index is 0.435. The molecular formula is C24H30N2O3. The van der Waals surface area contributed by atoms with E-state index in [1.807, 2.05) is 13.0 Å². The van der Waals surface area contributed by atoms with E-state index < -0.39 is 0 Å². The van der Waals surface area contributed by atoms with Crippen LogP contribution < -0.4 is 5.32 Å². The molecule has 1 saturated heterocycles. The molecule has 1 aliphatic heterocycles. The molecule has 0 saturated carbocycles. The number of aromatic amines is 1. The van der Waals surface area contributed by atoms with Gasteiger partial charge in [-0.1, -0.05) is 30.3 Å². The van der Waals surface area contributed by atoms with E-state index in [9.17, 15) is 0 Å². The molecule has 2 N–H and O–H groups in total. The third kappa shape index (κ3) is 5.18. The maximum atomic E-state index is 5.82. The Labute approximate surface area is 172 Å². The van der Waals surface area contributed by atoms with Crippen LogP contribution in [0.2, 0.25) is 0 Å². The van der Waals surface area contributed by atoms with Crippen LogP contribution in [0.25, 0.3) is 22.2 Å². The van der Waals surface area contributed by atoms with Gasteiger partial charge in [0.25, 0.3) is 0 Å². The Morgan fingerprint density at radius 3 is 2.62 bits per heavy atom. The van der Waals surface area contributed by atoms with Gasteiger partial charge in [0, 0.05) is 36.9 Å². The van der Waals surface area contributed by atoms with Gasteiger partial charge in [-0.2, -0.15) is 0 Å². The number of anilines is 1. The molecule has 2 aromatic carbocycles. The highest BCUT2D eigenvalue weighted by Crippen LogP contribution is 2.31.